The topological polar surface area (TPSA) is 104 Å². The zero-order valence-electron chi connectivity index (χ0n) is 17.5. The average molecular weight is 446 g/mol. The van der Waals surface area contributed by atoms with Gasteiger partial charge in [0.1, 0.15) is 11.6 Å². The summed E-state index contributed by atoms with van der Waals surface area (Å²) in [6.45, 7) is 1.01. The fourth-order valence-corrected chi connectivity index (χ4v) is 3.04. The number of amides is 1. The predicted molar refractivity (Wildman–Crippen MR) is 111 cm³/mol. The largest absolute Gasteiger partial charge is 0.476 e. The van der Waals surface area contributed by atoms with Gasteiger partial charge in [-0.15, -0.1) is 5.10 Å². The molecule has 0 aliphatic rings. The van der Waals surface area contributed by atoms with Crippen LogP contribution in [0, 0.1) is 11.6 Å². The van der Waals surface area contributed by atoms with Gasteiger partial charge in [-0.2, -0.15) is 4.68 Å². The number of nitrogens with one attached hydrogen (secondary N) is 1. The lowest BCUT2D eigenvalue weighted by Gasteiger charge is -2.13. The van der Waals surface area contributed by atoms with Gasteiger partial charge >= 0.3 is 11.2 Å². The zero-order chi connectivity index (χ0) is 23.4. The standard InChI is InChI=1S/C21H20F2N4O5/c1-12(28)24-18-9-15(5-7-17(18)23)27-21(30)26(20(29)19(25-27)32-3)10-14-8-13(11-31-2)4-6-16(14)22/h4-9H,10-11H2,1-3H3,(H,24,28). The van der Waals surface area contributed by atoms with E-state index in [0.29, 0.717) is 5.56 Å². The number of aromatic nitrogens is 3. The van der Waals surface area contributed by atoms with Gasteiger partial charge < -0.3 is 14.8 Å². The molecular formula is C21H20F2N4O5. The highest BCUT2D eigenvalue weighted by molar-refractivity contribution is 5.89. The quantitative estimate of drug-likeness (QED) is 0.594. The fraction of sp³-hybridized carbons (Fsp3) is 0.238. The predicted octanol–water partition coefficient (Wildman–Crippen LogP) is 1.83. The molecule has 0 radical (unpaired) electrons. The fourth-order valence-electron chi connectivity index (χ4n) is 3.04. The molecular weight excluding hydrogens is 426 g/mol. The summed E-state index contributed by atoms with van der Waals surface area (Å²) in [5.74, 6) is -2.29. The van der Waals surface area contributed by atoms with Crippen molar-refractivity contribution < 1.29 is 23.0 Å². The lowest BCUT2D eigenvalue weighted by Crippen LogP contribution is -2.41. The SMILES string of the molecule is COCc1ccc(F)c(Cn2c(=O)c(OC)nn(-c3ccc(F)c(NC(C)=O)c3)c2=O)c1. The van der Waals surface area contributed by atoms with E-state index < -0.39 is 41.2 Å². The van der Waals surface area contributed by atoms with Crippen LogP contribution in [0.5, 0.6) is 5.88 Å². The van der Waals surface area contributed by atoms with Gasteiger partial charge in [0.25, 0.3) is 5.88 Å². The van der Waals surface area contributed by atoms with Crippen LogP contribution >= 0.6 is 0 Å². The van der Waals surface area contributed by atoms with Gasteiger partial charge in [-0.05, 0) is 35.9 Å². The van der Waals surface area contributed by atoms with Gasteiger partial charge in [-0.25, -0.2) is 18.1 Å². The van der Waals surface area contributed by atoms with Gasteiger partial charge in [0.2, 0.25) is 5.91 Å². The lowest BCUT2D eigenvalue weighted by atomic mass is 10.1. The van der Waals surface area contributed by atoms with Crippen LogP contribution in [0.4, 0.5) is 14.5 Å². The van der Waals surface area contributed by atoms with Crippen molar-refractivity contribution >= 4 is 11.6 Å². The summed E-state index contributed by atoms with van der Waals surface area (Å²) >= 11 is 0. The van der Waals surface area contributed by atoms with E-state index >= 15 is 0 Å². The molecule has 0 spiro atoms. The maximum absolute atomic E-state index is 14.4. The van der Waals surface area contributed by atoms with E-state index in [2.05, 4.69) is 10.4 Å². The Balaban J connectivity index is 2.16. The van der Waals surface area contributed by atoms with Crippen molar-refractivity contribution in [1.29, 1.82) is 0 Å². The number of methoxy groups -OCH3 is 2. The monoisotopic (exact) mass is 446 g/mol. The van der Waals surface area contributed by atoms with Gasteiger partial charge in [-0.1, -0.05) is 6.07 Å². The summed E-state index contributed by atoms with van der Waals surface area (Å²) in [6, 6.07) is 7.67. The number of benzene rings is 2. The van der Waals surface area contributed by atoms with Crippen molar-refractivity contribution in [2.75, 3.05) is 19.5 Å². The summed E-state index contributed by atoms with van der Waals surface area (Å²) in [6.07, 6.45) is 0. The van der Waals surface area contributed by atoms with E-state index in [1.807, 2.05) is 0 Å². The summed E-state index contributed by atoms with van der Waals surface area (Å²) in [4.78, 5) is 37.1. The Morgan fingerprint density at radius 3 is 2.47 bits per heavy atom. The Hall–Kier alpha value is -3.86. The molecule has 168 valence electrons. The van der Waals surface area contributed by atoms with E-state index in [0.717, 1.165) is 15.3 Å². The van der Waals surface area contributed by atoms with Crippen LogP contribution in [0.15, 0.2) is 46.0 Å². The minimum absolute atomic E-state index is 0.0563. The van der Waals surface area contributed by atoms with Crippen LogP contribution in [0.25, 0.3) is 5.69 Å². The molecule has 0 saturated heterocycles. The number of ether oxygens (including phenoxy) is 2. The molecule has 0 bridgehead atoms. The highest BCUT2D eigenvalue weighted by Gasteiger charge is 2.18. The number of nitrogens with zero attached hydrogens (tertiary/aromatic N) is 3. The molecule has 0 aliphatic heterocycles. The average Bonchev–Trinajstić information content (AvgIpc) is 2.75. The number of rotatable bonds is 7. The Morgan fingerprint density at radius 1 is 1.09 bits per heavy atom. The first-order valence-corrected chi connectivity index (χ1v) is 9.37. The van der Waals surface area contributed by atoms with Crippen molar-refractivity contribution in [3.05, 3.63) is 80.0 Å². The molecule has 3 aromatic rings. The zero-order valence-corrected chi connectivity index (χ0v) is 17.5. The smallest absolute Gasteiger partial charge is 0.352 e. The minimum Gasteiger partial charge on any atom is -0.476 e. The number of carbonyl (C=O) groups is 1. The highest BCUT2D eigenvalue weighted by atomic mass is 19.1. The van der Waals surface area contributed by atoms with Crippen LogP contribution in [0.2, 0.25) is 0 Å². The molecule has 2 aromatic carbocycles. The summed E-state index contributed by atoms with van der Waals surface area (Å²) < 4.78 is 40.0. The van der Waals surface area contributed by atoms with Crippen molar-refractivity contribution in [2.45, 2.75) is 20.1 Å². The van der Waals surface area contributed by atoms with E-state index in [1.165, 1.54) is 51.5 Å². The summed E-state index contributed by atoms with van der Waals surface area (Å²) in [7, 11) is 2.67. The molecule has 1 N–H and O–H groups in total. The normalized spacial score (nSPS) is 10.8. The Bertz CT molecular complexity index is 1290. The lowest BCUT2D eigenvalue weighted by molar-refractivity contribution is -0.114. The first kappa shape index (κ1) is 22.8. The van der Waals surface area contributed by atoms with E-state index in [4.69, 9.17) is 9.47 Å². The van der Waals surface area contributed by atoms with E-state index in [9.17, 15) is 23.2 Å². The number of carbonyl (C=O) groups excluding carboxylic acids is 1. The molecule has 0 atom stereocenters. The third-order valence-corrected chi connectivity index (χ3v) is 4.48. The number of hydrogen-bond donors (Lipinski definition) is 1. The second kappa shape index (κ2) is 9.52. The van der Waals surface area contributed by atoms with Crippen LogP contribution in [-0.2, 0) is 22.7 Å². The second-order valence-electron chi connectivity index (χ2n) is 6.80. The van der Waals surface area contributed by atoms with Gasteiger partial charge in [-0.3, -0.25) is 9.59 Å². The van der Waals surface area contributed by atoms with Gasteiger partial charge in [0.05, 0.1) is 31.6 Å². The molecule has 11 heteroatoms. The number of anilines is 1. The molecule has 1 aromatic heterocycles. The minimum atomic E-state index is -0.910. The molecule has 0 fully saturated rings. The first-order chi connectivity index (χ1) is 15.2. The molecule has 0 unspecified atom stereocenters. The summed E-state index contributed by atoms with van der Waals surface area (Å²) in [5.41, 5.74) is -1.17. The molecule has 32 heavy (non-hydrogen) atoms. The van der Waals surface area contributed by atoms with Crippen molar-refractivity contribution in [3.8, 4) is 11.6 Å². The summed E-state index contributed by atoms with van der Waals surface area (Å²) in [5, 5.41) is 6.19. The molecule has 3 rings (SSSR count). The number of hydrogen-bond acceptors (Lipinski definition) is 6. The Morgan fingerprint density at radius 2 is 1.81 bits per heavy atom. The molecule has 9 nitrogen and oxygen atoms in total. The maximum Gasteiger partial charge on any atom is 0.352 e. The van der Waals surface area contributed by atoms with Crippen LogP contribution in [-0.4, -0.2) is 34.5 Å². The van der Waals surface area contributed by atoms with Crippen molar-refractivity contribution in [2.24, 2.45) is 0 Å². The Kier molecular flexibility index (Phi) is 6.79. The highest BCUT2D eigenvalue weighted by Crippen LogP contribution is 2.18. The molecule has 0 aliphatic carbocycles. The molecule has 1 amide bonds. The van der Waals surface area contributed by atoms with E-state index in [-0.39, 0.29) is 23.5 Å². The second-order valence-corrected chi connectivity index (χ2v) is 6.80. The van der Waals surface area contributed by atoms with E-state index in [1.54, 1.807) is 0 Å². The maximum atomic E-state index is 14.4. The third kappa shape index (κ3) is 4.72. The van der Waals surface area contributed by atoms with Gasteiger partial charge in [0.15, 0.2) is 0 Å². The van der Waals surface area contributed by atoms with Crippen molar-refractivity contribution in [1.82, 2.24) is 14.3 Å². The molecule has 0 saturated carbocycles. The number of halogens is 2. The Labute approximate surface area is 180 Å². The molecule has 1 heterocycles. The van der Waals surface area contributed by atoms with Crippen LogP contribution in [0.1, 0.15) is 18.1 Å². The van der Waals surface area contributed by atoms with Gasteiger partial charge in [0, 0.05) is 19.6 Å². The van der Waals surface area contributed by atoms with Crippen LogP contribution in [0.3, 0.4) is 0 Å². The van der Waals surface area contributed by atoms with Crippen molar-refractivity contribution in [3.63, 3.8) is 0 Å². The third-order valence-electron chi connectivity index (χ3n) is 4.48. The van der Waals surface area contributed by atoms with Crippen LogP contribution < -0.4 is 21.3 Å². The first-order valence-electron chi connectivity index (χ1n) is 9.37.